The number of fused-ring (bicyclic) bond motifs is 1. The van der Waals surface area contributed by atoms with Crippen LogP contribution in [0.25, 0.3) is 16.9 Å². The van der Waals surface area contributed by atoms with E-state index in [9.17, 15) is 4.39 Å². The summed E-state index contributed by atoms with van der Waals surface area (Å²) in [6.07, 6.45) is 3.47. The van der Waals surface area contributed by atoms with Crippen molar-refractivity contribution in [3.8, 4) is 11.3 Å². The number of pyridine rings is 1. The molecule has 5 heteroatoms. The van der Waals surface area contributed by atoms with E-state index in [1.54, 1.807) is 35.0 Å². The fraction of sp³-hybridized carbons (Fsp3) is 0. The van der Waals surface area contributed by atoms with Gasteiger partial charge < -0.3 is 4.40 Å². The molecular formula is C13H7Cl2FN2. The third-order valence-corrected chi connectivity index (χ3v) is 3.08. The van der Waals surface area contributed by atoms with Crippen LogP contribution in [0.1, 0.15) is 0 Å². The summed E-state index contributed by atoms with van der Waals surface area (Å²) < 4.78 is 14.9. The van der Waals surface area contributed by atoms with Crippen molar-refractivity contribution in [2.45, 2.75) is 0 Å². The maximum atomic E-state index is 13.2. The Morgan fingerprint density at radius 1 is 1.11 bits per heavy atom. The molecule has 0 bridgehead atoms. The monoisotopic (exact) mass is 280 g/mol. The van der Waals surface area contributed by atoms with Gasteiger partial charge in [-0.25, -0.2) is 9.37 Å². The zero-order chi connectivity index (χ0) is 12.7. The van der Waals surface area contributed by atoms with Crippen molar-refractivity contribution in [1.82, 2.24) is 9.38 Å². The van der Waals surface area contributed by atoms with Gasteiger partial charge >= 0.3 is 0 Å². The summed E-state index contributed by atoms with van der Waals surface area (Å²) in [5.41, 5.74) is 1.95. The van der Waals surface area contributed by atoms with Crippen molar-refractivity contribution in [2.75, 3.05) is 0 Å². The van der Waals surface area contributed by atoms with Crippen LogP contribution >= 0.6 is 23.2 Å². The van der Waals surface area contributed by atoms with Crippen LogP contribution in [0.2, 0.25) is 10.0 Å². The molecule has 2 aromatic heterocycles. The number of benzene rings is 1. The second kappa shape index (κ2) is 4.26. The molecule has 2 heterocycles. The molecule has 0 saturated carbocycles. The van der Waals surface area contributed by atoms with E-state index in [1.807, 2.05) is 0 Å². The Kier molecular flexibility index (Phi) is 2.73. The van der Waals surface area contributed by atoms with E-state index in [0.29, 0.717) is 26.9 Å². The molecule has 0 spiro atoms. The first-order valence-corrected chi connectivity index (χ1v) is 5.99. The topological polar surface area (TPSA) is 17.3 Å². The maximum absolute atomic E-state index is 13.2. The first-order valence-electron chi connectivity index (χ1n) is 5.23. The molecule has 0 aliphatic carbocycles. The van der Waals surface area contributed by atoms with Crippen LogP contribution in [0.5, 0.6) is 0 Å². The average Bonchev–Trinajstić information content (AvgIpc) is 2.73. The second-order valence-corrected chi connectivity index (χ2v) is 4.72. The smallest absolute Gasteiger partial charge is 0.156 e. The number of aromatic nitrogens is 2. The highest BCUT2D eigenvalue weighted by Gasteiger charge is 2.08. The van der Waals surface area contributed by atoms with Gasteiger partial charge in [0, 0.05) is 18.0 Å². The van der Waals surface area contributed by atoms with E-state index in [0.717, 1.165) is 0 Å². The molecule has 0 aliphatic rings. The first-order chi connectivity index (χ1) is 8.63. The van der Waals surface area contributed by atoms with E-state index in [1.165, 1.54) is 12.1 Å². The Labute approximate surface area is 113 Å². The molecule has 3 aromatic rings. The van der Waals surface area contributed by atoms with Gasteiger partial charge in [-0.3, -0.25) is 0 Å². The van der Waals surface area contributed by atoms with E-state index in [4.69, 9.17) is 23.2 Å². The largest absolute Gasteiger partial charge is 0.304 e. The van der Waals surface area contributed by atoms with Gasteiger partial charge in [-0.1, -0.05) is 35.3 Å². The second-order valence-electron chi connectivity index (χ2n) is 3.87. The highest BCUT2D eigenvalue weighted by atomic mass is 35.5. The molecule has 2 nitrogen and oxygen atoms in total. The highest BCUT2D eigenvalue weighted by Crippen LogP contribution is 2.26. The number of hydrogen-bond donors (Lipinski definition) is 0. The first kappa shape index (κ1) is 11.5. The normalized spacial score (nSPS) is 11.1. The van der Waals surface area contributed by atoms with Crippen LogP contribution in [0.3, 0.4) is 0 Å². The van der Waals surface area contributed by atoms with Gasteiger partial charge in [0.25, 0.3) is 0 Å². The van der Waals surface area contributed by atoms with Gasteiger partial charge in [-0.15, -0.1) is 0 Å². The molecule has 0 saturated heterocycles. The highest BCUT2D eigenvalue weighted by molar-refractivity contribution is 6.36. The van der Waals surface area contributed by atoms with E-state index in [-0.39, 0.29) is 5.82 Å². The summed E-state index contributed by atoms with van der Waals surface area (Å²) >= 11 is 12.0. The molecule has 0 unspecified atom stereocenters. The standard InChI is InChI=1S/C13H7Cl2FN2/c14-9-5-11(15)13-17-12(7-18(13)6-9)8-2-1-3-10(16)4-8/h1-7H. The van der Waals surface area contributed by atoms with Crippen molar-refractivity contribution in [3.63, 3.8) is 0 Å². The van der Waals surface area contributed by atoms with Gasteiger partial charge in [0.2, 0.25) is 0 Å². The summed E-state index contributed by atoms with van der Waals surface area (Å²) in [6, 6.07) is 7.88. The van der Waals surface area contributed by atoms with Crippen LogP contribution in [0, 0.1) is 5.82 Å². The molecule has 0 radical (unpaired) electrons. The SMILES string of the molecule is Fc1cccc(-c2cn3cc(Cl)cc(Cl)c3n2)c1. The molecular weight excluding hydrogens is 274 g/mol. The lowest BCUT2D eigenvalue weighted by atomic mass is 10.2. The lowest BCUT2D eigenvalue weighted by Gasteiger charge is -1.95. The minimum atomic E-state index is -0.298. The Morgan fingerprint density at radius 2 is 1.94 bits per heavy atom. The van der Waals surface area contributed by atoms with E-state index >= 15 is 0 Å². The van der Waals surface area contributed by atoms with E-state index < -0.39 is 0 Å². The zero-order valence-corrected chi connectivity index (χ0v) is 10.6. The minimum Gasteiger partial charge on any atom is -0.304 e. The third kappa shape index (κ3) is 1.96. The number of halogens is 3. The molecule has 18 heavy (non-hydrogen) atoms. The summed E-state index contributed by atoms with van der Waals surface area (Å²) in [5.74, 6) is -0.298. The van der Waals surface area contributed by atoms with Crippen molar-refractivity contribution >= 4 is 28.8 Å². The molecule has 0 amide bonds. The number of hydrogen-bond acceptors (Lipinski definition) is 1. The Morgan fingerprint density at radius 3 is 2.72 bits per heavy atom. The summed E-state index contributed by atoms with van der Waals surface area (Å²) in [5, 5.41) is 0.987. The average molecular weight is 281 g/mol. The van der Waals surface area contributed by atoms with Crippen LogP contribution in [-0.4, -0.2) is 9.38 Å². The molecule has 0 aliphatic heterocycles. The minimum absolute atomic E-state index is 0.298. The summed E-state index contributed by atoms with van der Waals surface area (Å²) in [6.45, 7) is 0. The summed E-state index contributed by atoms with van der Waals surface area (Å²) in [4.78, 5) is 4.37. The Balaban J connectivity index is 2.22. The van der Waals surface area contributed by atoms with Crippen molar-refractivity contribution in [2.24, 2.45) is 0 Å². The van der Waals surface area contributed by atoms with Gasteiger partial charge in [0.1, 0.15) is 5.82 Å². The predicted octanol–water partition coefficient (Wildman–Crippen LogP) is 4.45. The summed E-state index contributed by atoms with van der Waals surface area (Å²) in [7, 11) is 0. The van der Waals surface area contributed by atoms with Gasteiger partial charge in [0.15, 0.2) is 5.65 Å². The fourth-order valence-corrected chi connectivity index (χ4v) is 2.34. The lowest BCUT2D eigenvalue weighted by molar-refractivity contribution is 0.628. The molecule has 0 fully saturated rings. The zero-order valence-electron chi connectivity index (χ0n) is 9.07. The molecule has 0 atom stereocenters. The van der Waals surface area contributed by atoms with Crippen molar-refractivity contribution < 1.29 is 4.39 Å². The molecule has 90 valence electrons. The van der Waals surface area contributed by atoms with Gasteiger partial charge in [0.05, 0.1) is 15.7 Å². The maximum Gasteiger partial charge on any atom is 0.156 e. The van der Waals surface area contributed by atoms with Crippen LogP contribution in [-0.2, 0) is 0 Å². The van der Waals surface area contributed by atoms with Crippen LogP contribution in [0.15, 0.2) is 42.7 Å². The quantitative estimate of drug-likeness (QED) is 0.644. The molecule has 3 rings (SSSR count). The van der Waals surface area contributed by atoms with E-state index in [2.05, 4.69) is 4.98 Å². The molecule has 1 aromatic carbocycles. The fourth-order valence-electron chi connectivity index (χ4n) is 1.81. The third-order valence-electron chi connectivity index (χ3n) is 2.59. The van der Waals surface area contributed by atoms with Crippen molar-refractivity contribution in [3.05, 3.63) is 58.6 Å². The molecule has 0 N–H and O–H groups in total. The number of rotatable bonds is 1. The van der Waals surface area contributed by atoms with Crippen LogP contribution in [0.4, 0.5) is 4.39 Å². The number of nitrogens with zero attached hydrogens (tertiary/aromatic N) is 2. The lowest BCUT2D eigenvalue weighted by Crippen LogP contribution is -1.82. The Bertz CT molecular complexity index is 737. The van der Waals surface area contributed by atoms with Gasteiger partial charge in [-0.05, 0) is 18.2 Å². The Hall–Kier alpha value is -1.58. The van der Waals surface area contributed by atoms with Crippen molar-refractivity contribution in [1.29, 1.82) is 0 Å². The predicted molar refractivity (Wildman–Crippen MR) is 70.6 cm³/mol. The van der Waals surface area contributed by atoms with Crippen LogP contribution < -0.4 is 0 Å². The number of imidazole rings is 1. The van der Waals surface area contributed by atoms with Gasteiger partial charge in [-0.2, -0.15) is 0 Å².